The number of benzene rings is 1. The van der Waals surface area contributed by atoms with Crippen molar-refractivity contribution in [3.8, 4) is 0 Å². The fourth-order valence-corrected chi connectivity index (χ4v) is 2.24. The standard InChI is InChI=1S/C17H20O5/c1-12(2)15(18)21-13(3)16(19)22-17(9-10-20-11-17)14-7-5-4-6-8-14/h4-8,13H,1,9-11H2,2-3H3. The Morgan fingerprint density at radius 1 is 1.32 bits per heavy atom. The average molecular weight is 304 g/mol. The van der Waals surface area contributed by atoms with Crippen LogP contribution in [0.3, 0.4) is 0 Å². The lowest BCUT2D eigenvalue weighted by molar-refractivity contribution is -0.177. The van der Waals surface area contributed by atoms with Crippen LogP contribution in [-0.4, -0.2) is 31.3 Å². The van der Waals surface area contributed by atoms with Gasteiger partial charge in [0.25, 0.3) is 0 Å². The van der Waals surface area contributed by atoms with Gasteiger partial charge < -0.3 is 14.2 Å². The molecule has 1 aliphatic heterocycles. The second-order valence-corrected chi connectivity index (χ2v) is 5.41. The predicted molar refractivity (Wildman–Crippen MR) is 80.0 cm³/mol. The third-order valence-corrected chi connectivity index (χ3v) is 3.55. The van der Waals surface area contributed by atoms with Crippen LogP contribution in [0.5, 0.6) is 0 Å². The van der Waals surface area contributed by atoms with Crippen LogP contribution < -0.4 is 0 Å². The van der Waals surface area contributed by atoms with E-state index in [0.29, 0.717) is 19.6 Å². The molecular formula is C17H20O5. The SMILES string of the molecule is C=C(C)C(=O)OC(C)C(=O)OC1(c2ccccc2)CCOC1. The van der Waals surface area contributed by atoms with Crippen LogP contribution in [0.25, 0.3) is 0 Å². The number of carbonyl (C=O) groups excluding carboxylic acids is 2. The molecule has 5 nitrogen and oxygen atoms in total. The van der Waals surface area contributed by atoms with E-state index >= 15 is 0 Å². The molecule has 1 aromatic rings. The molecule has 1 fully saturated rings. The molecule has 0 aromatic heterocycles. The summed E-state index contributed by atoms with van der Waals surface area (Å²) < 4.78 is 16.1. The van der Waals surface area contributed by atoms with Gasteiger partial charge in [0.1, 0.15) is 0 Å². The van der Waals surface area contributed by atoms with Gasteiger partial charge in [-0.25, -0.2) is 9.59 Å². The maximum atomic E-state index is 12.3. The first-order valence-electron chi connectivity index (χ1n) is 7.17. The smallest absolute Gasteiger partial charge is 0.348 e. The van der Waals surface area contributed by atoms with Gasteiger partial charge in [-0.1, -0.05) is 36.9 Å². The molecule has 2 rings (SSSR count). The van der Waals surface area contributed by atoms with E-state index in [0.717, 1.165) is 5.56 Å². The fourth-order valence-electron chi connectivity index (χ4n) is 2.24. The Hall–Kier alpha value is -2.14. The quantitative estimate of drug-likeness (QED) is 0.617. The van der Waals surface area contributed by atoms with Crippen molar-refractivity contribution in [1.82, 2.24) is 0 Å². The van der Waals surface area contributed by atoms with Crippen LogP contribution in [0, 0.1) is 0 Å². The van der Waals surface area contributed by atoms with Crippen molar-refractivity contribution in [1.29, 1.82) is 0 Å². The molecule has 1 saturated heterocycles. The first-order chi connectivity index (χ1) is 10.4. The minimum Gasteiger partial charge on any atom is -0.449 e. The zero-order chi connectivity index (χ0) is 16.2. The maximum Gasteiger partial charge on any atom is 0.348 e. The molecular weight excluding hydrogens is 284 g/mol. The van der Waals surface area contributed by atoms with Crippen LogP contribution in [0.15, 0.2) is 42.5 Å². The highest BCUT2D eigenvalue weighted by molar-refractivity contribution is 5.89. The minimum absolute atomic E-state index is 0.238. The molecule has 118 valence electrons. The maximum absolute atomic E-state index is 12.3. The van der Waals surface area contributed by atoms with E-state index in [1.54, 1.807) is 0 Å². The van der Waals surface area contributed by atoms with E-state index in [2.05, 4.69) is 6.58 Å². The number of hydrogen-bond donors (Lipinski definition) is 0. The number of ether oxygens (including phenoxy) is 3. The Kier molecular flexibility index (Phi) is 4.98. The molecule has 1 aromatic carbocycles. The predicted octanol–water partition coefficient (Wildman–Crippen LogP) is 2.35. The summed E-state index contributed by atoms with van der Waals surface area (Å²) in [6.07, 6.45) is -0.422. The molecule has 1 aliphatic rings. The van der Waals surface area contributed by atoms with Gasteiger partial charge in [0.2, 0.25) is 0 Å². The number of carbonyl (C=O) groups is 2. The second-order valence-electron chi connectivity index (χ2n) is 5.41. The first kappa shape index (κ1) is 16.2. The van der Waals surface area contributed by atoms with Crippen LogP contribution in [-0.2, 0) is 29.4 Å². The highest BCUT2D eigenvalue weighted by atomic mass is 16.6. The van der Waals surface area contributed by atoms with E-state index < -0.39 is 23.6 Å². The van der Waals surface area contributed by atoms with E-state index in [9.17, 15) is 9.59 Å². The molecule has 0 aliphatic carbocycles. The Morgan fingerprint density at radius 3 is 2.55 bits per heavy atom. The van der Waals surface area contributed by atoms with Gasteiger partial charge in [-0.2, -0.15) is 0 Å². The summed E-state index contributed by atoms with van der Waals surface area (Å²) in [4.78, 5) is 23.7. The van der Waals surface area contributed by atoms with Gasteiger partial charge in [0.15, 0.2) is 11.7 Å². The molecule has 22 heavy (non-hydrogen) atoms. The Morgan fingerprint density at radius 2 is 2.00 bits per heavy atom. The third-order valence-electron chi connectivity index (χ3n) is 3.55. The zero-order valence-electron chi connectivity index (χ0n) is 12.8. The molecule has 0 bridgehead atoms. The Labute approximate surface area is 129 Å². The summed E-state index contributed by atoms with van der Waals surface area (Å²) in [6.45, 7) is 7.31. The van der Waals surface area contributed by atoms with Gasteiger partial charge in [0, 0.05) is 12.0 Å². The summed E-state index contributed by atoms with van der Waals surface area (Å²) in [6, 6.07) is 9.45. The molecule has 2 atom stereocenters. The molecule has 0 amide bonds. The lowest BCUT2D eigenvalue weighted by Crippen LogP contribution is -2.38. The Balaban J connectivity index is 2.10. The highest BCUT2D eigenvalue weighted by Gasteiger charge is 2.42. The van der Waals surface area contributed by atoms with Gasteiger partial charge >= 0.3 is 11.9 Å². The van der Waals surface area contributed by atoms with Gasteiger partial charge in [0.05, 0.1) is 13.2 Å². The van der Waals surface area contributed by atoms with Crippen molar-refractivity contribution in [3.05, 3.63) is 48.0 Å². The first-order valence-corrected chi connectivity index (χ1v) is 7.17. The molecule has 0 saturated carbocycles. The van der Waals surface area contributed by atoms with E-state index in [-0.39, 0.29) is 5.57 Å². The number of rotatable bonds is 5. The van der Waals surface area contributed by atoms with Crippen molar-refractivity contribution in [2.75, 3.05) is 13.2 Å². The molecule has 0 N–H and O–H groups in total. The summed E-state index contributed by atoms with van der Waals surface area (Å²) in [5.41, 5.74) is 0.295. The average Bonchev–Trinajstić information content (AvgIpc) is 2.97. The monoisotopic (exact) mass is 304 g/mol. The van der Waals surface area contributed by atoms with Crippen molar-refractivity contribution in [2.24, 2.45) is 0 Å². The van der Waals surface area contributed by atoms with Crippen molar-refractivity contribution in [3.63, 3.8) is 0 Å². The normalized spacial score (nSPS) is 21.9. The largest absolute Gasteiger partial charge is 0.449 e. The van der Waals surface area contributed by atoms with E-state index in [1.165, 1.54) is 13.8 Å². The van der Waals surface area contributed by atoms with Crippen LogP contribution in [0.2, 0.25) is 0 Å². The summed E-state index contributed by atoms with van der Waals surface area (Å²) in [7, 11) is 0. The molecule has 5 heteroatoms. The van der Waals surface area contributed by atoms with Crippen molar-refractivity contribution >= 4 is 11.9 Å². The second kappa shape index (κ2) is 6.75. The van der Waals surface area contributed by atoms with Crippen molar-refractivity contribution in [2.45, 2.75) is 32.0 Å². The van der Waals surface area contributed by atoms with E-state index in [4.69, 9.17) is 14.2 Å². The zero-order valence-corrected chi connectivity index (χ0v) is 12.8. The Bertz CT molecular complexity index is 558. The number of esters is 2. The van der Waals surface area contributed by atoms with Crippen molar-refractivity contribution < 1.29 is 23.8 Å². The van der Waals surface area contributed by atoms with Crippen LogP contribution in [0.1, 0.15) is 25.8 Å². The summed E-state index contributed by atoms with van der Waals surface area (Å²) >= 11 is 0. The summed E-state index contributed by atoms with van der Waals surface area (Å²) in [5.74, 6) is -1.20. The summed E-state index contributed by atoms with van der Waals surface area (Å²) in [5, 5.41) is 0. The third kappa shape index (κ3) is 3.54. The van der Waals surface area contributed by atoms with Gasteiger partial charge in [-0.05, 0) is 19.4 Å². The lowest BCUT2D eigenvalue weighted by Gasteiger charge is -2.29. The molecule has 1 heterocycles. The lowest BCUT2D eigenvalue weighted by atomic mass is 9.93. The molecule has 0 spiro atoms. The van der Waals surface area contributed by atoms with Gasteiger partial charge in [-0.3, -0.25) is 0 Å². The highest BCUT2D eigenvalue weighted by Crippen LogP contribution is 2.35. The topological polar surface area (TPSA) is 61.8 Å². The van der Waals surface area contributed by atoms with Crippen LogP contribution >= 0.6 is 0 Å². The van der Waals surface area contributed by atoms with Gasteiger partial charge in [-0.15, -0.1) is 0 Å². The number of hydrogen-bond acceptors (Lipinski definition) is 5. The molecule has 2 unspecified atom stereocenters. The minimum atomic E-state index is -0.995. The van der Waals surface area contributed by atoms with Crippen LogP contribution in [0.4, 0.5) is 0 Å². The fraction of sp³-hybridized carbons (Fsp3) is 0.412. The molecule has 0 radical (unpaired) electrons. The van der Waals surface area contributed by atoms with E-state index in [1.807, 2.05) is 30.3 Å².